The number of para-hydroxylation sites is 1. The topological polar surface area (TPSA) is 99.8 Å². The lowest BCUT2D eigenvalue weighted by Crippen LogP contribution is -2.35. The number of pyridine rings is 1. The van der Waals surface area contributed by atoms with E-state index >= 15 is 0 Å². The van der Waals surface area contributed by atoms with Gasteiger partial charge in [-0.3, -0.25) is 4.79 Å². The third kappa shape index (κ3) is 3.05. The van der Waals surface area contributed by atoms with Crippen LogP contribution >= 0.6 is 0 Å². The quantitative estimate of drug-likeness (QED) is 0.643. The molecule has 28 heavy (non-hydrogen) atoms. The average molecular weight is 375 g/mol. The molecule has 1 aliphatic rings. The smallest absolute Gasteiger partial charge is 0.227 e. The van der Waals surface area contributed by atoms with Crippen LogP contribution in [0.5, 0.6) is 0 Å². The normalized spacial score (nSPS) is 18.9. The van der Waals surface area contributed by atoms with Gasteiger partial charge in [-0.05, 0) is 32.3 Å². The SMILES string of the molecule is Cc1nc2c(N)nc3ccccc3c2n1CCCCC1(C(N)=O)C=CC=CC1. The summed E-state index contributed by atoms with van der Waals surface area (Å²) in [6, 6.07) is 8.00. The number of benzene rings is 1. The molecule has 0 aliphatic heterocycles. The number of carbonyl (C=O) groups is 1. The number of amides is 1. The first-order valence-electron chi connectivity index (χ1n) is 9.67. The molecule has 0 saturated carbocycles. The fraction of sp³-hybridized carbons (Fsp3) is 0.318. The van der Waals surface area contributed by atoms with Crippen molar-refractivity contribution in [3.05, 3.63) is 54.4 Å². The molecule has 0 fully saturated rings. The van der Waals surface area contributed by atoms with Gasteiger partial charge in [0.05, 0.1) is 16.4 Å². The lowest BCUT2D eigenvalue weighted by atomic mass is 9.77. The maximum absolute atomic E-state index is 12.0. The number of allylic oxidation sites excluding steroid dienone is 3. The lowest BCUT2D eigenvalue weighted by Gasteiger charge is -2.27. The largest absolute Gasteiger partial charge is 0.382 e. The summed E-state index contributed by atoms with van der Waals surface area (Å²) in [5.41, 5.74) is 14.0. The van der Waals surface area contributed by atoms with Gasteiger partial charge in [0.2, 0.25) is 5.91 Å². The number of aryl methyl sites for hydroxylation is 2. The van der Waals surface area contributed by atoms with Gasteiger partial charge in [0.15, 0.2) is 5.82 Å². The number of hydrogen-bond donors (Lipinski definition) is 2. The molecule has 1 aliphatic carbocycles. The number of imidazole rings is 1. The van der Waals surface area contributed by atoms with Crippen molar-refractivity contribution in [2.24, 2.45) is 11.1 Å². The van der Waals surface area contributed by atoms with Gasteiger partial charge in [0.1, 0.15) is 11.3 Å². The van der Waals surface area contributed by atoms with Crippen LogP contribution in [0.25, 0.3) is 21.9 Å². The first-order chi connectivity index (χ1) is 13.5. The van der Waals surface area contributed by atoms with Crippen LogP contribution in [0.3, 0.4) is 0 Å². The Hall–Kier alpha value is -3.15. The predicted octanol–water partition coefficient (Wildman–Crippen LogP) is 3.63. The Labute approximate surface area is 163 Å². The van der Waals surface area contributed by atoms with Crippen LogP contribution in [-0.4, -0.2) is 20.4 Å². The predicted molar refractivity (Wildman–Crippen MR) is 113 cm³/mol. The van der Waals surface area contributed by atoms with Gasteiger partial charge >= 0.3 is 0 Å². The molecule has 1 amide bonds. The highest BCUT2D eigenvalue weighted by atomic mass is 16.1. The van der Waals surface area contributed by atoms with E-state index in [1.54, 1.807) is 0 Å². The minimum absolute atomic E-state index is 0.248. The van der Waals surface area contributed by atoms with E-state index in [9.17, 15) is 4.79 Å². The number of nitrogens with two attached hydrogens (primary N) is 2. The summed E-state index contributed by atoms with van der Waals surface area (Å²) in [5.74, 6) is 1.13. The van der Waals surface area contributed by atoms with Gasteiger partial charge in [-0.2, -0.15) is 0 Å². The Balaban J connectivity index is 1.57. The maximum Gasteiger partial charge on any atom is 0.227 e. The van der Waals surface area contributed by atoms with Crippen LogP contribution in [0.2, 0.25) is 0 Å². The molecule has 3 aromatic rings. The number of nitrogen functional groups attached to an aromatic ring is 1. The van der Waals surface area contributed by atoms with Crippen LogP contribution in [-0.2, 0) is 11.3 Å². The number of rotatable bonds is 6. The van der Waals surface area contributed by atoms with E-state index in [2.05, 4.69) is 20.6 Å². The van der Waals surface area contributed by atoms with E-state index in [4.69, 9.17) is 11.5 Å². The molecule has 2 heterocycles. The van der Waals surface area contributed by atoms with Crippen LogP contribution in [0.15, 0.2) is 48.6 Å². The van der Waals surface area contributed by atoms with Crippen molar-refractivity contribution >= 4 is 33.7 Å². The summed E-state index contributed by atoms with van der Waals surface area (Å²) in [4.78, 5) is 21.1. The molecule has 1 atom stereocenters. The molecule has 2 aromatic heterocycles. The van der Waals surface area contributed by atoms with Crippen LogP contribution in [0.1, 0.15) is 31.5 Å². The second-order valence-corrected chi connectivity index (χ2v) is 7.49. The molecule has 144 valence electrons. The van der Waals surface area contributed by atoms with E-state index in [1.807, 2.05) is 49.4 Å². The second-order valence-electron chi connectivity index (χ2n) is 7.49. The summed E-state index contributed by atoms with van der Waals surface area (Å²) in [7, 11) is 0. The highest BCUT2D eigenvalue weighted by Crippen LogP contribution is 2.34. The molecule has 6 nitrogen and oxygen atoms in total. The van der Waals surface area contributed by atoms with Gasteiger partial charge in [-0.25, -0.2) is 9.97 Å². The molecule has 0 radical (unpaired) electrons. The second kappa shape index (κ2) is 7.11. The Morgan fingerprint density at radius 1 is 1.21 bits per heavy atom. The van der Waals surface area contributed by atoms with Gasteiger partial charge in [0, 0.05) is 11.9 Å². The zero-order chi connectivity index (χ0) is 19.7. The molecule has 1 unspecified atom stereocenters. The third-order valence-electron chi connectivity index (χ3n) is 5.69. The van der Waals surface area contributed by atoms with E-state index in [-0.39, 0.29) is 5.91 Å². The standard InChI is InChI=1S/C22H25N5O/c1-15-25-18-19(16-9-3-4-10-17(16)26-20(18)23)27(15)14-8-7-13-22(21(24)28)11-5-2-6-12-22/h2-6,9-11H,7-8,12-14H2,1H3,(H2,23,26)(H2,24,28). The Morgan fingerprint density at radius 2 is 2.04 bits per heavy atom. The molecular weight excluding hydrogens is 350 g/mol. The van der Waals surface area contributed by atoms with Crippen molar-refractivity contribution in [1.29, 1.82) is 0 Å². The Morgan fingerprint density at radius 3 is 2.79 bits per heavy atom. The van der Waals surface area contributed by atoms with Crippen LogP contribution in [0, 0.1) is 12.3 Å². The maximum atomic E-state index is 12.0. The molecule has 4 N–H and O–H groups in total. The van der Waals surface area contributed by atoms with Crippen molar-refractivity contribution in [2.75, 3.05) is 5.73 Å². The van der Waals surface area contributed by atoms with E-state index in [1.165, 1.54) is 0 Å². The fourth-order valence-corrected chi connectivity index (χ4v) is 4.11. The number of fused-ring (bicyclic) bond motifs is 3. The minimum Gasteiger partial charge on any atom is -0.382 e. The van der Waals surface area contributed by atoms with Gasteiger partial charge in [-0.15, -0.1) is 0 Å². The van der Waals surface area contributed by atoms with E-state index in [0.717, 1.165) is 53.6 Å². The summed E-state index contributed by atoms with van der Waals surface area (Å²) in [6.45, 7) is 2.80. The fourth-order valence-electron chi connectivity index (χ4n) is 4.11. The number of nitrogens with zero attached hydrogens (tertiary/aromatic N) is 3. The summed E-state index contributed by atoms with van der Waals surface area (Å²) < 4.78 is 2.21. The number of carbonyl (C=O) groups excluding carboxylic acids is 1. The molecular formula is C22H25N5O. The third-order valence-corrected chi connectivity index (χ3v) is 5.69. The van der Waals surface area contributed by atoms with Crippen LogP contribution < -0.4 is 11.5 Å². The van der Waals surface area contributed by atoms with Crippen LogP contribution in [0.4, 0.5) is 5.82 Å². The Bertz CT molecular complexity index is 1110. The highest BCUT2D eigenvalue weighted by molar-refractivity contribution is 6.06. The summed E-state index contributed by atoms with van der Waals surface area (Å²) in [6.07, 6.45) is 11.1. The van der Waals surface area contributed by atoms with E-state index < -0.39 is 5.41 Å². The van der Waals surface area contributed by atoms with E-state index in [0.29, 0.717) is 12.2 Å². The molecule has 4 rings (SSSR count). The highest BCUT2D eigenvalue weighted by Gasteiger charge is 2.32. The minimum atomic E-state index is -0.554. The number of hydrogen-bond acceptors (Lipinski definition) is 4. The zero-order valence-electron chi connectivity index (χ0n) is 16.1. The molecule has 0 saturated heterocycles. The summed E-state index contributed by atoms with van der Waals surface area (Å²) >= 11 is 0. The summed E-state index contributed by atoms with van der Waals surface area (Å²) in [5, 5.41) is 1.06. The van der Waals surface area contributed by atoms with Crippen molar-refractivity contribution in [1.82, 2.24) is 14.5 Å². The monoisotopic (exact) mass is 375 g/mol. The average Bonchev–Trinajstić information content (AvgIpc) is 3.03. The van der Waals surface area contributed by atoms with Gasteiger partial charge in [0.25, 0.3) is 0 Å². The van der Waals surface area contributed by atoms with Crippen molar-refractivity contribution in [3.8, 4) is 0 Å². The molecule has 0 bridgehead atoms. The Kier molecular flexibility index (Phi) is 4.63. The number of anilines is 1. The lowest BCUT2D eigenvalue weighted by molar-refractivity contribution is -0.125. The number of unbranched alkanes of at least 4 members (excludes halogenated alkanes) is 1. The number of primary amides is 1. The molecule has 0 spiro atoms. The molecule has 6 heteroatoms. The molecule has 1 aromatic carbocycles. The van der Waals surface area contributed by atoms with Crippen molar-refractivity contribution < 1.29 is 4.79 Å². The van der Waals surface area contributed by atoms with Gasteiger partial charge < -0.3 is 16.0 Å². The first-order valence-corrected chi connectivity index (χ1v) is 9.67. The van der Waals surface area contributed by atoms with Crippen molar-refractivity contribution in [2.45, 2.75) is 39.2 Å². The van der Waals surface area contributed by atoms with Crippen molar-refractivity contribution in [3.63, 3.8) is 0 Å². The zero-order valence-corrected chi connectivity index (χ0v) is 16.1. The first kappa shape index (κ1) is 18.2. The van der Waals surface area contributed by atoms with Gasteiger partial charge in [-0.1, -0.05) is 48.9 Å². The number of aromatic nitrogens is 3.